The molecule has 8 heteroatoms. The summed E-state index contributed by atoms with van der Waals surface area (Å²) < 4.78 is 37.8. The first-order valence-electron chi connectivity index (χ1n) is 10.4. The summed E-state index contributed by atoms with van der Waals surface area (Å²) in [6.07, 6.45) is 1.09. The van der Waals surface area contributed by atoms with E-state index >= 15 is 0 Å². The quantitative estimate of drug-likeness (QED) is 0.515. The van der Waals surface area contributed by atoms with Crippen LogP contribution in [-0.4, -0.2) is 28.0 Å². The molecule has 0 spiro atoms. The van der Waals surface area contributed by atoms with Crippen LogP contribution in [0.3, 0.4) is 0 Å². The zero-order valence-corrected chi connectivity index (χ0v) is 19.8. The van der Waals surface area contributed by atoms with Gasteiger partial charge < -0.3 is 14.8 Å². The molecule has 1 atom stereocenters. The fourth-order valence-corrected chi connectivity index (χ4v) is 6.66. The summed E-state index contributed by atoms with van der Waals surface area (Å²) in [5.41, 5.74) is 2.24. The number of sulfone groups is 1. The first-order chi connectivity index (χ1) is 15.3. The third kappa shape index (κ3) is 4.12. The minimum Gasteiger partial charge on any atom is -0.493 e. The molecule has 1 aromatic heterocycles. The van der Waals surface area contributed by atoms with Gasteiger partial charge in [0.1, 0.15) is 4.90 Å². The fourth-order valence-electron chi connectivity index (χ4n) is 3.75. The number of carbonyl (C=O) groups is 1. The molecule has 1 N–H and O–H groups in total. The molecular formula is C24H25NO5S2. The van der Waals surface area contributed by atoms with Crippen molar-refractivity contribution in [2.75, 3.05) is 19.0 Å². The van der Waals surface area contributed by atoms with E-state index in [1.807, 2.05) is 32.0 Å². The molecule has 2 aromatic carbocycles. The lowest BCUT2D eigenvalue weighted by Crippen LogP contribution is -2.23. The Bertz CT molecular complexity index is 1250. The summed E-state index contributed by atoms with van der Waals surface area (Å²) in [5.74, 6) is 0.758. The number of methoxy groups -OCH3 is 1. The van der Waals surface area contributed by atoms with Gasteiger partial charge in [0.2, 0.25) is 15.7 Å². The lowest BCUT2D eigenvalue weighted by molar-refractivity contribution is -0.116. The molecule has 3 aromatic rings. The van der Waals surface area contributed by atoms with Crippen LogP contribution in [-0.2, 0) is 14.6 Å². The van der Waals surface area contributed by atoms with Crippen LogP contribution in [0.4, 0.5) is 5.69 Å². The van der Waals surface area contributed by atoms with Crippen molar-refractivity contribution in [3.05, 3.63) is 63.8 Å². The minimum atomic E-state index is -3.76. The molecule has 0 bridgehead atoms. The lowest BCUT2D eigenvalue weighted by atomic mass is 9.90. The summed E-state index contributed by atoms with van der Waals surface area (Å²) >= 11 is 1.35. The van der Waals surface area contributed by atoms with Gasteiger partial charge in [-0.25, -0.2) is 8.42 Å². The zero-order chi connectivity index (χ0) is 22.9. The van der Waals surface area contributed by atoms with E-state index in [0.29, 0.717) is 23.8 Å². The molecular weight excluding hydrogens is 446 g/mol. The maximum atomic E-state index is 13.3. The lowest BCUT2D eigenvalue weighted by Gasteiger charge is -2.24. The number of thiophene rings is 1. The van der Waals surface area contributed by atoms with E-state index in [4.69, 9.17) is 9.47 Å². The molecule has 1 amide bonds. The van der Waals surface area contributed by atoms with E-state index in [0.717, 1.165) is 22.4 Å². The zero-order valence-electron chi connectivity index (χ0n) is 18.2. The van der Waals surface area contributed by atoms with Crippen molar-refractivity contribution in [3.8, 4) is 11.5 Å². The molecule has 4 rings (SSSR count). The van der Waals surface area contributed by atoms with Gasteiger partial charge in [0.15, 0.2) is 11.5 Å². The highest BCUT2D eigenvalue weighted by atomic mass is 32.2. The van der Waals surface area contributed by atoms with Crippen LogP contribution < -0.4 is 14.8 Å². The number of anilines is 1. The second kappa shape index (κ2) is 8.96. The van der Waals surface area contributed by atoms with Crippen LogP contribution in [0, 0.1) is 6.92 Å². The van der Waals surface area contributed by atoms with E-state index in [1.54, 1.807) is 36.8 Å². The summed E-state index contributed by atoms with van der Waals surface area (Å²) in [6.45, 7) is 4.48. The number of hydrogen-bond acceptors (Lipinski definition) is 6. The Morgan fingerprint density at radius 1 is 1.12 bits per heavy atom. The molecule has 0 saturated carbocycles. The van der Waals surface area contributed by atoms with E-state index in [2.05, 4.69) is 5.32 Å². The number of benzene rings is 2. The predicted molar refractivity (Wildman–Crippen MR) is 125 cm³/mol. The number of fused-ring (bicyclic) bond motifs is 1. The first-order valence-corrected chi connectivity index (χ1v) is 12.7. The van der Waals surface area contributed by atoms with Crippen LogP contribution in [0.15, 0.2) is 57.6 Å². The Morgan fingerprint density at radius 3 is 2.56 bits per heavy atom. The van der Waals surface area contributed by atoms with E-state index in [1.165, 1.54) is 11.3 Å². The Kier molecular flexibility index (Phi) is 6.26. The van der Waals surface area contributed by atoms with Gasteiger partial charge in [-0.2, -0.15) is 0 Å². The fraction of sp³-hybridized carbons (Fsp3) is 0.292. The highest BCUT2D eigenvalue weighted by Crippen LogP contribution is 2.47. The molecule has 0 saturated heterocycles. The van der Waals surface area contributed by atoms with Gasteiger partial charge in [-0.15, -0.1) is 11.3 Å². The average molecular weight is 472 g/mol. The Hall–Kier alpha value is -2.84. The molecule has 1 aliphatic heterocycles. The normalized spacial score (nSPS) is 15.7. The van der Waals surface area contributed by atoms with E-state index in [9.17, 15) is 13.2 Å². The van der Waals surface area contributed by atoms with Crippen LogP contribution in [0.5, 0.6) is 11.5 Å². The number of rotatable bonds is 7. The molecule has 1 aliphatic rings. The monoisotopic (exact) mass is 471 g/mol. The summed E-state index contributed by atoms with van der Waals surface area (Å²) in [6, 6.07) is 12.3. The van der Waals surface area contributed by atoms with Gasteiger partial charge >= 0.3 is 0 Å². The Morgan fingerprint density at radius 2 is 1.88 bits per heavy atom. The Balaban J connectivity index is 1.77. The topological polar surface area (TPSA) is 81.7 Å². The van der Waals surface area contributed by atoms with Crippen LogP contribution in [0.1, 0.15) is 41.7 Å². The maximum absolute atomic E-state index is 13.3. The van der Waals surface area contributed by atoms with Crippen LogP contribution in [0.2, 0.25) is 0 Å². The van der Waals surface area contributed by atoms with E-state index < -0.39 is 9.84 Å². The molecule has 168 valence electrons. The number of carbonyl (C=O) groups excluding carboxylic acids is 1. The van der Waals surface area contributed by atoms with Gasteiger partial charge in [0.05, 0.1) is 24.3 Å². The van der Waals surface area contributed by atoms with Gasteiger partial charge in [-0.3, -0.25) is 4.79 Å². The number of ether oxygens (including phenoxy) is 2. The average Bonchev–Trinajstić information content (AvgIpc) is 3.21. The first kappa shape index (κ1) is 22.4. The molecule has 0 radical (unpaired) electrons. The van der Waals surface area contributed by atoms with Crippen molar-refractivity contribution in [1.82, 2.24) is 0 Å². The minimum absolute atomic E-state index is 0.135. The van der Waals surface area contributed by atoms with Crippen LogP contribution in [0.25, 0.3) is 0 Å². The summed E-state index contributed by atoms with van der Waals surface area (Å²) in [4.78, 5) is 13.8. The van der Waals surface area contributed by atoms with Gasteiger partial charge in [-0.1, -0.05) is 30.7 Å². The second-order valence-corrected chi connectivity index (χ2v) is 10.5. The third-order valence-corrected chi connectivity index (χ3v) is 8.47. The van der Waals surface area contributed by atoms with Crippen molar-refractivity contribution in [3.63, 3.8) is 0 Å². The predicted octanol–water partition coefficient (Wildman–Crippen LogP) is 5.16. The summed E-state index contributed by atoms with van der Waals surface area (Å²) in [7, 11) is -2.18. The highest BCUT2D eigenvalue weighted by molar-refractivity contribution is 7.91. The van der Waals surface area contributed by atoms with E-state index in [-0.39, 0.29) is 28.0 Å². The second-order valence-electron chi connectivity index (χ2n) is 7.72. The maximum Gasteiger partial charge on any atom is 0.225 e. The standard InChI is InChI=1S/C24H25NO5S2/c1-4-11-30-20-12-16(7-10-19(20)29-3)18-13-22(26)25-23-21(14-31-24(18)23)32(27,28)17-8-5-15(2)6-9-17/h5-10,12,14,18H,4,11,13H2,1-3H3,(H,25,26)/t18-/m0/s1. The van der Waals surface area contributed by atoms with Gasteiger partial charge in [-0.05, 0) is 43.2 Å². The number of amides is 1. The highest BCUT2D eigenvalue weighted by Gasteiger charge is 2.34. The van der Waals surface area contributed by atoms with Crippen molar-refractivity contribution >= 4 is 32.8 Å². The van der Waals surface area contributed by atoms with Crippen molar-refractivity contribution in [2.45, 2.75) is 42.4 Å². The van der Waals surface area contributed by atoms with Crippen molar-refractivity contribution in [1.29, 1.82) is 0 Å². The van der Waals surface area contributed by atoms with Crippen molar-refractivity contribution in [2.24, 2.45) is 0 Å². The number of nitrogens with one attached hydrogen (secondary N) is 1. The largest absolute Gasteiger partial charge is 0.493 e. The van der Waals surface area contributed by atoms with Gasteiger partial charge in [0, 0.05) is 22.6 Å². The number of hydrogen-bond donors (Lipinski definition) is 1. The van der Waals surface area contributed by atoms with Crippen molar-refractivity contribution < 1.29 is 22.7 Å². The molecule has 32 heavy (non-hydrogen) atoms. The summed E-state index contributed by atoms with van der Waals surface area (Å²) in [5, 5.41) is 4.42. The van der Waals surface area contributed by atoms with Crippen LogP contribution >= 0.6 is 11.3 Å². The molecule has 0 aliphatic carbocycles. The molecule has 0 fully saturated rings. The molecule has 0 unspecified atom stereocenters. The molecule has 2 heterocycles. The molecule has 6 nitrogen and oxygen atoms in total. The smallest absolute Gasteiger partial charge is 0.225 e. The van der Waals surface area contributed by atoms with Gasteiger partial charge in [0.25, 0.3) is 0 Å². The number of aryl methyl sites for hydroxylation is 1. The SMILES string of the molecule is CCCOc1cc([C@@H]2CC(=O)Nc3c(S(=O)(=O)c4ccc(C)cc4)csc32)ccc1OC. The third-order valence-electron chi connectivity index (χ3n) is 5.43. The Labute approximate surface area is 192 Å².